The molecule has 1 nitrogen and oxygen atoms in total. The standard InChI is InChI=1S/C17H23N/c1-12(2)8-11-17(18)16-10-9-13(3)14-6-4-5-7-15(14)16/h4-7,9-10,12,17H,8,11,18H2,1-3H3/t17-/m1/s1. The van der Waals surface area contributed by atoms with Crippen molar-refractivity contribution in [1.29, 1.82) is 0 Å². The van der Waals surface area contributed by atoms with Gasteiger partial charge in [0.25, 0.3) is 0 Å². The lowest BCUT2D eigenvalue weighted by Crippen LogP contribution is -2.11. The highest BCUT2D eigenvalue weighted by Gasteiger charge is 2.11. The topological polar surface area (TPSA) is 26.0 Å². The van der Waals surface area contributed by atoms with Crippen molar-refractivity contribution >= 4 is 10.8 Å². The van der Waals surface area contributed by atoms with Gasteiger partial charge in [0.2, 0.25) is 0 Å². The lowest BCUT2D eigenvalue weighted by Gasteiger charge is -2.17. The van der Waals surface area contributed by atoms with E-state index in [1.54, 1.807) is 0 Å². The number of fused-ring (bicyclic) bond motifs is 1. The first-order chi connectivity index (χ1) is 8.59. The molecule has 1 heteroatoms. The number of aryl methyl sites for hydroxylation is 1. The summed E-state index contributed by atoms with van der Waals surface area (Å²) in [5.41, 5.74) is 8.97. The van der Waals surface area contributed by atoms with Crippen molar-refractivity contribution in [3.8, 4) is 0 Å². The van der Waals surface area contributed by atoms with Gasteiger partial charge in [-0.3, -0.25) is 0 Å². The van der Waals surface area contributed by atoms with E-state index in [2.05, 4.69) is 57.2 Å². The van der Waals surface area contributed by atoms with Gasteiger partial charge >= 0.3 is 0 Å². The molecule has 1 atom stereocenters. The quantitative estimate of drug-likeness (QED) is 0.832. The first-order valence-electron chi connectivity index (χ1n) is 6.83. The van der Waals surface area contributed by atoms with Crippen LogP contribution < -0.4 is 5.73 Å². The fraction of sp³-hybridized carbons (Fsp3) is 0.412. The Morgan fingerprint density at radius 3 is 2.28 bits per heavy atom. The zero-order valence-electron chi connectivity index (χ0n) is 11.6. The van der Waals surface area contributed by atoms with Crippen molar-refractivity contribution in [2.75, 3.05) is 0 Å². The zero-order chi connectivity index (χ0) is 13.1. The van der Waals surface area contributed by atoms with E-state index < -0.39 is 0 Å². The predicted octanol–water partition coefficient (Wildman–Crippen LogP) is 4.58. The highest BCUT2D eigenvalue weighted by Crippen LogP contribution is 2.28. The van der Waals surface area contributed by atoms with Gasteiger partial charge in [-0.1, -0.05) is 50.2 Å². The maximum Gasteiger partial charge on any atom is 0.0301 e. The molecule has 0 aliphatic rings. The molecule has 0 aromatic heterocycles. The molecule has 0 saturated heterocycles. The van der Waals surface area contributed by atoms with Crippen LogP contribution in [0.25, 0.3) is 10.8 Å². The molecule has 0 bridgehead atoms. The molecule has 0 unspecified atom stereocenters. The summed E-state index contributed by atoms with van der Waals surface area (Å²) in [6.45, 7) is 6.66. The minimum absolute atomic E-state index is 0.151. The van der Waals surface area contributed by atoms with Crippen LogP contribution in [0.4, 0.5) is 0 Å². The van der Waals surface area contributed by atoms with Gasteiger partial charge < -0.3 is 5.73 Å². The summed E-state index contributed by atoms with van der Waals surface area (Å²) in [6.07, 6.45) is 2.24. The summed E-state index contributed by atoms with van der Waals surface area (Å²) in [6, 6.07) is 13.1. The molecule has 0 radical (unpaired) electrons. The molecule has 18 heavy (non-hydrogen) atoms. The van der Waals surface area contributed by atoms with E-state index in [1.165, 1.54) is 28.3 Å². The normalized spacial score (nSPS) is 13.2. The maximum atomic E-state index is 6.36. The zero-order valence-corrected chi connectivity index (χ0v) is 11.6. The van der Waals surface area contributed by atoms with Crippen molar-refractivity contribution in [3.63, 3.8) is 0 Å². The van der Waals surface area contributed by atoms with Gasteiger partial charge in [0.1, 0.15) is 0 Å². The van der Waals surface area contributed by atoms with Crippen LogP contribution >= 0.6 is 0 Å². The van der Waals surface area contributed by atoms with Crippen LogP contribution in [0.3, 0.4) is 0 Å². The van der Waals surface area contributed by atoms with Crippen LogP contribution in [0.15, 0.2) is 36.4 Å². The molecule has 0 saturated carbocycles. The molecular formula is C17H23N. The highest BCUT2D eigenvalue weighted by molar-refractivity contribution is 5.88. The van der Waals surface area contributed by atoms with Crippen molar-refractivity contribution in [2.24, 2.45) is 11.7 Å². The SMILES string of the molecule is Cc1ccc([C@H](N)CCC(C)C)c2ccccc12. The predicted molar refractivity (Wildman–Crippen MR) is 79.7 cm³/mol. The van der Waals surface area contributed by atoms with E-state index in [0.717, 1.165) is 6.42 Å². The van der Waals surface area contributed by atoms with Crippen LogP contribution in [-0.2, 0) is 0 Å². The van der Waals surface area contributed by atoms with Crippen molar-refractivity contribution < 1.29 is 0 Å². The van der Waals surface area contributed by atoms with E-state index in [0.29, 0.717) is 5.92 Å². The lowest BCUT2D eigenvalue weighted by atomic mass is 9.92. The number of rotatable bonds is 4. The third kappa shape index (κ3) is 2.73. The molecule has 0 amide bonds. The average molecular weight is 241 g/mol. The molecule has 0 aliphatic carbocycles. The summed E-state index contributed by atoms with van der Waals surface area (Å²) in [5.74, 6) is 0.716. The number of benzene rings is 2. The number of nitrogens with two attached hydrogens (primary N) is 1. The molecule has 2 aromatic rings. The van der Waals surface area contributed by atoms with Gasteiger partial charge in [-0.25, -0.2) is 0 Å². The Bertz CT molecular complexity index is 528. The minimum atomic E-state index is 0.151. The van der Waals surface area contributed by atoms with Gasteiger partial charge in [-0.05, 0) is 47.6 Å². The molecule has 2 aromatic carbocycles. The van der Waals surface area contributed by atoms with Crippen molar-refractivity contribution in [3.05, 3.63) is 47.5 Å². The second kappa shape index (κ2) is 5.53. The Balaban J connectivity index is 2.36. The largest absolute Gasteiger partial charge is 0.324 e. The Kier molecular flexibility index (Phi) is 4.03. The summed E-state index contributed by atoms with van der Waals surface area (Å²) < 4.78 is 0. The van der Waals surface area contributed by atoms with Gasteiger partial charge in [-0.15, -0.1) is 0 Å². The van der Waals surface area contributed by atoms with Gasteiger partial charge in [0.15, 0.2) is 0 Å². The van der Waals surface area contributed by atoms with Crippen LogP contribution in [-0.4, -0.2) is 0 Å². The van der Waals surface area contributed by atoms with Crippen LogP contribution in [0.1, 0.15) is 43.9 Å². The lowest BCUT2D eigenvalue weighted by molar-refractivity contribution is 0.508. The monoisotopic (exact) mass is 241 g/mol. The Morgan fingerprint density at radius 2 is 1.61 bits per heavy atom. The fourth-order valence-electron chi connectivity index (χ4n) is 2.46. The first-order valence-corrected chi connectivity index (χ1v) is 6.83. The van der Waals surface area contributed by atoms with E-state index in [1.807, 2.05) is 0 Å². The molecule has 0 aliphatic heterocycles. The van der Waals surface area contributed by atoms with E-state index in [-0.39, 0.29) is 6.04 Å². The van der Waals surface area contributed by atoms with Crippen LogP contribution in [0.2, 0.25) is 0 Å². The van der Waals surface area contributed by atoms with E-state index >= 15 is 0 Å². The smallest absolute Gasteiger partial charge is 0.0301 e. The summed E-state index contributed by atoms with van der Waals surface area (Å²) in [7, 11) is 0. The average Bonchev–Trinajstić information content (AvgIpc) is 2.37. The second-order valence-electron chi connectivity index (χ2n) is 5.59. The third-order valence-corrected chi connectivity index (χ3v) is 3.63. The Morgan fingerprint density at radius 1 is 0.944 bits per heavy atom. The molecule has 2 N–H and O–H groups in total. The van der Waals surface area contributed by atoms with Crippen molar-refractivity contribution in [1.82, 2.24) is 0 Å². The number of hydrogen-bond acceptors (Lipinski definition) is 1. The number of hydrogen-bond donors (Lipinski definition) is 1. The fourth-order valence-corrected chi connectivity index (χ4v) is 2.46. The van der Waals surface area contributed by atoms with Crippen molar-refractivity contribution in [2.45, 2.75) is 39.7 Å². The molecule has 2 rings (SSSR count). The second-order valence-corrected chi connectivity index (χ2v) is 5.59. The molecule has 0 fully saturated rings. The summed E-state index contributed by atoms with van der Waals surface area (Å²) in [4.78, 5) is 0. The highest BCUT2D eigenvalue weighted by atomic mass is 14.6. The van der Waals surface area contributed by atoms with Crippen LogP contribution in [0, 0.1) is 12.8 Å². The third-order valence-electron chi connectivity index (χ3n) is 3.63. The Hall–Kier alpha value is -1.34. The van der Waals surface area contributed by atoms with E-state index in [4.69, 9.17) is 5.73 Å². The van der Waals surface area contributed by atoms with Gasteiger partial charge in [-0.2, -0.15) is 0 Å². The van der Waals surface area contributed by atoms with Gasteiger partial charge in [0.05, 0.1) is 0 Å². The molecule has 0 heterocycles. The molecular weight excluding hydrogens is 218 g/mol. The first kappa shape index (κ1) is 13.1. The summed E-state index contributed by atoms with van der Waals surface area (Å²) >= 11 is 0. The molecule has 96 valence electrons. The Labute approximate surface area is 110 Å². The molecule has 0 spiro atoms. The van der Waals surface area contributed by atoms with Crippen LogP contribution in [0.5, 0.6) is 0 Å². The summed E-state index contributed by atoms with van der Waals surface area (Å²) in [5, 5.41) is 2.64. The van der Waals surface area contributed by atoms with Gasteiger partial charge in [0, 0.05) is 6.04 Å². The van der Waals surface area contributed by atoms with E-state index in [9.17, 15) is 0 Å². The minimum Gasteiger partial charge on any atom is -0.324 e. The maximum absolute atomic E-state index is 6.36.